The van der Waals surface area contributed by atoms with Crippen molar-refractivity contribution in [1.29, 1.82) is 0 Å². The third-order valence-electron chi connectivity index (χ3n) is 4.69. The number of methoxy groups -OCH3 is 2. The van der Waals surface area contributed by atoms with E-state index in [0.717, 1.165) is 22.5 Å². The van der Waals surface area contributed by atoms with E-state index in [9.17, 15) is 9.59 Å². The quantitative estimate of drug-likeness (QED) is 0.431. The Balaban J connectivity index is 0.000000227. The molecule has 0 bridgehead atoms. The minimum atomic E-state index is -0.419. The van der Waals surface area contributed by atoms with Crippen LogP contribution in [0.5, 0.6) is 0 Å². The van der Waals surface area contributed by atoms with Gasteiger partial charge in [0.15, 0.2) is 5.69 Å². The van der Waals surface area contributed by atoms with Crippen molar-refractivity contribution in [2.45, 2.75) is 7.43 Å². The molecule has 0 radical (unpaired) electrons. The summed E-state index contributed by atoms with van der Waals surface area (Å²) >= 11 is 0. The number of aromatic nitrogens is 4. The molecule has 2 aromatic carbocycles. The van der Waals surface area contributed by atoms with Gasteiger partial charge in [0.1, 0.15) is 5.69 Å². The fraction of sp³-hybridized carbons (Fsp3) is 0.200. The molecular weight excluding hydrogens is 420 g/mol. The van der Waals surface area contributed by atoms with Gasteiger partial charge in [-0.2, -0.15) is 10.2 Å². The molecule has 0 fully saturated rings. The van der Waals surface area contributed by atoms with Crippen LogP contribution >= 0.6 is 0 Å². The highest BCUT2D eigenvalue weighted by atomic mass is 16.5. The summed E-state index contributed by atoms with van der Waals surface area (Å²) in [7, 11) is 6.23. The van der Waals surface area contributed by atoms with Crippen LogP contribution < -0.4 is 0 Å². The highest BCUT2D eigenvalue weighted by Gasteiger charge is 2.14. The van der Waals surface area contributed by atoms with Crippen molar-refractivity contribution >= 4 is 11.9 Å². The lowest BCUT2D eigenvalue weighted by atomic mass is 10.1. The van der Waals surface area contributed by atoms with Gasteiger partial charge in [-0.1, -0.05) is 68.1 Å². The predicted octanol–water partition coefficient (Wildman–Crippen LogP) is 4.38. The van der Waals surface area contributed by atoms with Crippen molar-refractivity contribution in [3.05, 3.63) is 84.2 Å². The largest absolute Gasteiger partial charge is 0.464 e. The maximum absolute atomic E-state index is 11.4. The standard InChI is InChI=1S/2C12H12N2O2.CH4/c1-14-11(9-6-4-3-5-7-9)8-10(13-14)12(15)16-2;1-14-11(12(15)16-2)8-10(13-14)9-6-4-3-5-7-9;/h2*3-8H,1-2H3;1H4. The van der Waals surface area contributed by atoms with Crippen LogP contribution in [-0.4, -0.2) is 45.7 Å². The maximum Gasteiger partial charge on any atom is 0.358 e. The average Bonchev–Trinajstić information content (AvgIpc) is 3.42. The number of rotatable bonds is 4. The van der Waals surface area contributed by atoms with Crippen LogP contribution in [-0.2, 0) is 23.6 Å². The van der Waals surface area contributed by atoms with Gasteiger partial charge in [0, 0.05) is 19.7 Å². The summed E-state index contributed by atoms with van der Waals surface area (Å²) in [5, 5.41) is 8.37. The van der Waals surface area contributed by atoms with E-state index in [1.807, 2.05) is 60.7 Å². The molecule has 0 amide bonds. The number of hydrogen-bond acceptors (Lipinski definition) is 6. The Morgan fingerprint density at radius 3 is 1.82 bits per heavy atom. The molecule has 2 heterocycles. The maximum atomic E-state index is 11.4. The average molecular weight is 449 g/mol. The Bertz CT molecular complexity index is 1200. The Hall–Kier alpha value is -4.20. The third-order valence-corrected chi connectivity index (χ3v) is 4.69. The lowest BCUT2D eigenvalue weighted by molar-refractivity contribution is 0.0581. The number of aryl methyl sites for hydroxylation is 2. The molecule has 8 nitrogen and oxygen atoms in total. The van der Waals surface area contributed by atoms with E-state index in [2.05, 4.69) is 19.7 Å². The van der Waals surface area contributed by atoms with Crippen molar-refractivity contribution in [3.63, 3.8) is 0 Å². The molecule has 2 aromatic heterocycles. The molecule has 172 valence electrons. The van der Waals surface area contributed by atoms with Crippen LogP contribution in [0.1, 0.15) is 28.4 Å². The fourth-order valence-electron chi connectivity index (χ4n) is 3.06. The van der Waals surface area contributed by atoms with E-state index < -0.39 is 5.97 Å². The van der Waals surface area contributed by atoms with Gasteiger partial charge in [-0.3, -0.25) is 9.36 Å². The number of carbonyl (C=O) groups excluding carboxylic acids is 2. The van der Waals surface area contributed by atoms with E-state index in [-0.39, 0.29) is 13.4 Å². The van der Waals surface area contributed by atoms with Gasteiger partial charge < -0.3 is 9.47 Å². The molecule has 0 atom stereocenters. The van der Waals surface area contributed by atoms with Gasteiger partial charge in [0.05, 0.1) is 25.6 Å². The summed E-state index contributed by atoms with van der Waals surface area (Å²) in [6.07, 6.45) is 0. The van der Waals surface area contributed by atoms with E-state index in [1.54, 1.807) is 30.9 Å². The smallest absolute Gasteiger partial charge is 0.358 e. The van der Waals surface area contributed by atoms with Gasteiger partial charge in [-0.15, -0.1) is 0 Å². The highest BCUT2D eigenvalue weighted by molar-refractivity contribution is 5.89. The van der Waals surface area contributed by atoms with Gasteiger partial charge in [-0.05, 0) is 17.7 Å². The zero-order valence-electron chi connectivity index (χ0n) is 18.4. The molecule has 0 spiro atoms. The normalized spacial score (nSPS) is 9.82. The number of nitrogens with zero attached hydrogens (tertiary/aromatic N) is 4. The van der Waals surface area contributed by atoms with Gasteiger partial charge in [0.25, 0.3) is 0 Å². The minimum Gasteiger partial charge on any atom is -0.464 e. The van der Waals surface area contributed by atoms with E-state index in [4.69, 9.17) is 0 Å². The zero-order chi connectivity index (χ0) is 23.1. The Morgan fingerprint density at radius 2 is 1.27 bits per heavy atom. The lowest BCUT2D eigenvalue weighted by Crippen LogP contribution is -2.07. The van der Waals surface area contributed by atoms with Gasteiger partial charge >= 0.3 is 11.9 Å². The molecule has 4 aromatic rings. The first-order valence-corrected chi connectivity index (χ1v) is 9.80. The van der Waals surface area contributed by atoms with Crippen LogP contribution in [0.15, 0.2) is 72.8 Å². The van der Waals surface area contributed by atoms with Crippen molar-refractivity contribution in [2.24, 2.45) is 14.1 Å². The number of ether oxygens (including phenoxy) is 2. The number of hydrogen-bond donors (Lipinski definition) is 0. The predicted molar refractivity (Wildman–Crippen MR) is 127 cm³/mol. The highest BCUT2D eigenvalue weighted by Crippen LogP contribution is 2.20. The Labute approximate surface area is 193 Å². The zero-order valence-corrected chi connectivity index (χ0v) is 18.4. The molecule has 0 aliphatic rings. The molecule has 0 saturated heterocycles. The molecule has 8 heteroatoms. The van der Waals surface area contributed by atoms with Crippen LogP contribution in [0.25, 0.3) is 22.5 Å². The van der Waals surface area contributed by atoms with E-state index in [0.29, 0.717) is 11.4 Å². The summed E-state index contributed by atoms with van der Waals surface area (Å²) < 4.78 is 12.5. The summed E-state index contributed by atoms with van der Waals surface area (Å²) in [5.41, 5.74) is 4.43. The molecule has 0 aliphatic heterocycles. The first-order chi connectivity index (χ1) is 15.4. The second-order valence-electron chi connectivity index (χ2n) is 6.79. The van der Waals surface area contributed by atoms with Crippen molar-refractivity contribution < 1.29 is 19.1 Å². The SMILES string of the molecule is C.COC(=O)c1cc(-c2ccccc2)n(C)n1.COC(=O)c1cc(-c2ccccc2)nn1C. The summed E-state index contributed by atoms with van der Waals surface area (Å²) in [5.74, 6) is -0.796. The molecule has 33 heavy (non-hydrogen) atoms. The number of esters is 2. The summed E-state index contributed by atoms with van der Waals surface area (Å²) in [6, 6.07) is 22.9. The molecule has 0 aliphatic carbocycles. The van der Waals surface area contributed by atoms with Crippen LogP contribution in [0.4, 0.5) is 0 Å². The van der Waals surface area contributed by atoms with Gasteiger partial charge in [-0.25, -0.2) is 9.59 Å². The van der Waals surface area contributed by atoms with Crippen LogP contribution in [0.3, 0.4) is 0 Å². The Kier molecular flexibility index (Phi) is 8.68. The second kappa shape index (κ2) is 11.4. The van der Waals surface area contributed by atoms with Crippen molar-refractivity contribution in [1.82, 2.24) is 19.6 Å². The van der Waals surface area contributed by atoms with Crippen molar-refractivity contribution in [3.8, 4) is 22.5 Å². The fourth-order valence-corrected chi connectivity index (χ4v) is 3.06. The molecule has 0 unspecified atom stereocenters. The topological polar surface area (TPSA) is 88.2 Å². The first-order valence-electron chi connectivity index (χ1n) is 9.80. The molecule has 0 saturated carbocycles. The second-order valence-corrected chi connectivity index (χ2v) is 6.79. The lowest BCUT2D eigenvalue weighted by Gasteiger charge is -1.99. The number of carbonyl (C=O) groups is 2. The molecule has 4 rings (SSSR count). The van der Waals surface area contributed by atoms with E-state index in [1.165, 1.54) is 18.9 Å². The Morgan fingerprint density at radius 1 is 0.727 bits per heavy atom. The molecular formula is C25H28N4O4. The van der Waals surface area contributed by atoms with Crippen molar-refractivity contribution in [2.75, 3.05) is 14.2 Å². The summed E-state index contributed by atoms with van der Waals surface area (Å²) in [6.45, 7) is 0. The first kappa shape index (κ1) is 25.1. The van der Waals surface area contributed by atoms with Crippen LogP contribution in [0.2, 0.25) is 0 Å². The van der Waals surface area contributed by atoms with Crippen LogP contribution in [0, 0.1) is 0 Å². The third kappa shape index (κ3) is 5.94. The van der Waals surface area contributed by atoms with E-state index >= 15 is 0 Å². The monoisotopic (exact) mass is 448 g/mol. The summed E-state index contributed by atoms with van der Waals surface area (Å²) in [4.78, 5) is 22.7. The van der Waals surface area contributed by atoms with Gasteiger partial charge in [0.2, 0.25) is 0 Å². The number of benzene rings is 2. The minimum absolute atomic E-state index is 0. The molecule has 0 N–H and O–H groups in total.